The molecule has 0 radical (unpaired) electrons. The van der Waals surface area contributed by atoms with E-state index < -0.39 is 5.60 Å². The van der Waals surface area contributed by atoms with Gasteiger partial charge in [0, 0.05) is 13.0 Å². The summed E-state index contributed by atoms with van der Waals surface area (Å²) >= 11 is 0. The molecule has 0 aromatic heterocycles. The number of rotatable bonds is 4. The van der Waals surface area contributed by atoms with Gasteiger partial charge in [0.25, 0.3) is 0 Å². The van der Waals surface area contributed by atoms with Crippen LogP contribution in [0, 0.1) is 0 Å². The topological polar surface area (TPSA) is 35.5 Å². The molecule has 1 rings (SSSR count). The molecule has 3 heteroatoms. The summed E-state index contributed by atoms with van der Waals surface area (Å²) in [5.74, 6) is 0. The largest absolute Gasteiger partial charge is 0.378 e. The van der Waals surface area contributed by atoms with Crippen LogP contribution in [0.4, 0.5) is 0 Å². The summed E-state index contributed by atoms with van der Waals surface area (Å²) in [6.07, 6.45) is 2.52. The van der Waals surface area contributed by atoms with Gasteiger partial charge in [-0.15, -0.1) is 0 Å². The summed E-state index contributed by atoms with van der Waals surface area (Å²) in [5, 5.41) is 0. The van der Waals surface area contributed by atoms with Gasteiger partial charge in [0.1, 0.15) is 5.60 Å². The van der Waals surface area contributed by atoms with Crippen molar-refractivity contribution < 1.29 is 14.3 Å². The fraction of sp³-hybridized carbons (Fsp3) is 0.875. The molecule has 64 valence electrons. The van der Waals surface area contributed by atoms with E-state index in [0.717, 1.165) is 12.7 Å². The zero-order valence-electron chi connectivity index (χ0n) is 6.84. The van der Waals surface area contributed by atoms with Crippen LogP contribution >= 0.6 is 0 Å². The van der Waals surface area contributed by atoms with Gasteiger partial charge in [-0.1, -0.05) is 6.92 Å². The minimum absolute atomic E-state index is 0.427. The first kappa shape index (κ1) is 8.68. The second kappa shape index (κ2) is 3.83. The second-order valence-electron chi connectivity index (χ2n) is 2.83. The Hall–Kier alpha value is -0.410. The summed E-state index contributed by atoms with van der Waals surface area (Å²) in [7, 11) is 0. The molecular formula is C8H14O3. The van der Waals surface area contributed by atoms with Gasteiger partial charge in [-0.3, -0.25) is 0 Å². The van der Waals surface area contributed by atoms with Gasteiger partial charge in [0.2, 0.25) is 0 Å². The van der Waals surface area contributed by atoms with Crippen molar-refractivity contribution in [2.45, 2.75) is 25.4 Å². The van der Waals surface area contributed by atoms with Crippen molar-refractivity contribution in [3.05, 3.63) is 0 Å². The smallest absolute Gasteiger partial charge is 0.154 e. The number of carbonyl (C=O) groups excluding carboxylic acids is 1. The highest BCUT2D eigenvalue weighted by atomic mass is 16.6. The number of hydrogen-bond donors (Lipinski definition) is 0. The van der Waals surface area contributed by atoms with E-state index in [2.05, 4.69) is 0 Å². The van der Waals surface area contributed by atoms with Crippen LogP contribution < -0.4 is 0 Å². The number of hydrogen-bond acceptors (Lipinski definition) is 3. The first-order chi connectivity index (χ1) is 5.33. The molecule has 0 spiro atoms. The molecule has 0 saturated carbocycles. The van der Waals surface area contributed by atoms with Crippen molar-refractivity contribution in [2.75, 3.05) is 19.8 Å². The Balaban J connectivity index is 2.39. The Morgan fingerprint density at radius 2 is 2.55 bits per heavy atom. The van der Waals surface area contributed by atoms with Gasteiger partial charge < -0.3 is 14.3 Å². The van der Waals surface area contributed by atoms with E-state index in [1.807, 2.05) is 6.92 Å². The van der Waals surface area contributed by atoms with Crippen molar-refractivity contribution in [3.8, 4) is 0 Å². The second-order valence-corrected chi connectivity index (χ2v) is 2.83. The van der Waals surface area contributed by atoms with E-state index in [-0.39, 0.29) is 0 Å². The summed E-state index contributed by atoms with van der Waals surface area (Å²) in [5.41, 5.74) is -0.615. The maximum atomic E-state index is 10.6. The molecule has 1 aliphatic heterocycles. The van der Waals surface area contributed by atoms with Crippen molar-refractivity contribution in [3.63, 3.8) is 0 Å². The van der Waals surface area contributed by atoms with Gasteiger partial charge in [-0.2, -0.15) is 0 Å². The first-order valence-electron chi connectivity index (χ1n) is 4.01. The Morgan fingerprint density at radius 3 is 3.00 bits per heavy atom. The van der Waals surface area contributed by atoms with Crippen LogP contribution in [0.15, 0.2) is 0 Å². The van der Waals surface area contributed by atoms with Gasteiger partial charge in [-0.25, -0.2) is 0 Å². The van der Waals surface area contributed by atoms with E-state index in [0.29, 0.717) is 26.2 Å². The third-order valence-corrected chi connectivity index (χ3v) is 1.82. The fourth-order valence-electron chi connectivity index (χ4n) is 1.11. The molecule has 0 aromatic rings. The van der Waals surface area contributed by atoms with Crippen molar-refractivity contribution in [1.82, 2.24) is 0 Å². The maximum Gasteiger partial charge on any atom is 0.154 e. The summed E-state index contributed by atoms with van der Waals surface area (Å²) in [6.45, 7) is 3.73. The molecule has 1 unspecified atom stereocenters. The SMILES string of the molecule is CCCOC1(C=O)CCOC1. The minimum Gasteiger partial charge on any atom is -0.378 e. The molecular weight excluding hydrogens is 144 g/mol. The normalized spacial score (nSPS) is 30.6. The van der Waals surface area contributed by atoms with Crippen LogP contribution in [-0.2, 0) is 14.3 Å². The number of aldehydes is 1. The lowest BCUT2D eigenvalue weighted by atomic mass is 10.1. The lowest BCUT2D eigenvalue weighted by Crippen LogP contribution is -2.35. The van der Waals surface area contributed by atoms with E-state index >= 15 is 0 Å². The van der Waals surface area contributed by atoms with E-state index in [4.69, 9.17) is 9.47 Å². The molecule has 0 aromatic carbocycles. The van der Waals surface area contributed by atoms with Crippen LogP contribution in [0.1, 0.15) is 19.8 Å². The Morgan fingerprint density at radius 1 is 1.73 bits per heavy atom. The summed E-state index contributed by atoms with van der Waals surface area (Å²) < 4.78 is 10.5. The standard InChI is InChI=1S/C8H14O3/c1-2-4-11-8(6-9)3-5-10-7-8/h6H,2-5,7H2,1H3. The molecule has 1 atom stereocenters. The van der Waals surface area contributed by atoms with Crippen LogP contribution in [-0.4, -0.2) is 31.7 Å². The molecule has 1 fully saturated rings. The predicted octanol–water partition coefficient (Wildman–Crippen LogP) is 0.771. The molecule has 0 aliphatic carbocycles. The minimum atomic E-state index is -0.615. The van der Waals surface area contributed by atoms with E-state index in [1.165, 1.54) is 0 Å². The van der Waals surface area contributed by atoms with Crippen molar-refractivity contribution in [2.24, 2.45) is 0 Å². The van der Waals surface area contributed by atoms with Gasteiger partial charge in [0.15, 0.2) is 6.29 Å². The predicted molar refractivity (Wildman–Crippen MR) is 40.5 cm³/mol. The lowest BCUT2D eigenvalue weighted by molar-refractivity contribution is -0.131. The quantitative estimate of drug-likeness (QED) is 0.567. The highest BCUT2D eigenvalue weighted by Gasteiger charge is 2.35. The van der Waals surface area contributed by atoms with Gasteiger partial charge in [-0.05, 0) is 6.42 Å². The Bertz CT molecular complexity index is 127. The molecule has 0 bridgehead atoms. The highest BCUT2D eigenvalue weighted by molar-refractivity contribution is 5.63. The van der Waals surface area contributed by atoms with Crippen molar-refractivity contribution >= 4 is 6.29 Å². The zero-order valence-corrected chi connectivity index (χ0v) is 6.84. The van der Waals surface area contributed by atoms with Crippen LogP contribution in [0.25, 0.3) is 0 Å². The first-order valence-corrected chi connectivity index (χ1v) is 4.01. The Kier molecular flexibility index (Phi) is 3.02. The zero-order chi connectivity index (χ0) is 8.16. The van der Waals surface area contributed by atoms with Crippen molar-refractivity contribution in [1.29, 1.82) is 0 Å². The molecule has 3 nitrogen and oxygen atoms in total. The molecule has 0 amide bonds. The van der Waals surface area contributed by atoms with Crippen LogP contribution in [0.3, 0.4) is 0 Å². The third-order valence-electron chi connectivity index (χ3n) is 1.82. The monoisotopic (exact) mass is 158 g/mol. The Labute approximate surface area is 66.7 Å². The van der Waals surface area contributed by atoms with Gasteiger partial charge >= 0.3 is 0 Å². The van der Waals surface area contributed by atoms with E-state index in [9.17, 15) is 4.79 Å². The highest BCUT2D eigenvalue weighted by Crippen LogP contribution is 2.20. The van der Waals surface area contributed by atoms with E-state index in [1.54, 1.807) is 0 Å². The molecule has 11 heavy (non-hydrogen) atoms. The molecule has 1 saturated heterocycles. The van der Waals surface area contributed by atoms with Crippen LogP contribution in [0.2, 0.25) is 0 Å². The molecule has 1 heterocycles. The number of ether oxygens (including phenoxy) is 2. The summed E-state index contributed by atoms with van der Waals surface area (Å²) in [4.78, 5) is 10.6. The lowest BCUT2D eigenvalue weighted by Gasteiger charge is -2.19. The fourth-order valence-corrected chi connectivity index (χ4v) is 1.11. The average molecular weight is 158 g/mol. The molecule has 0 N–H and O–H groups in total. The third kappa shape index (κ3) is 2.01. The van der Waals surface area contributed by atoms with Gasteiger partial charge in [0.05, 0.1) is 13.2 Å². The maximum absolute atomic E-state index is 10.6. The van der Waals surface area contributed by atoms with Crippen LogP contribution in [0.5, 0.6) is 0 Å². The number of carbonyl (C=O) groups is 1. The summed E-state index contributed by atoms with van der Waals surface area (Å²) in [6, 6.07) is 0. The average Bonchev–Trinajstić information content (AvgIpc) is 2.50. The molecule has 1 aliphatic rings.